The number of carbonyl (C=O) groups is 2. The minimum absolute atomic E-state index is 0.123. The molecule has 8 nitrogen and oxygen atoms in total. The lowest BCUT2D eigenvalue weighted by atomic mass is 10.2. The van der Waals surface area contributed by atoms with E-state index in [1.807, 2.05) is 19.0 Å². The van der Waals surface area contributed by atoms with Crippen molar-refractivity contribution in [2.24, 2.45) is 0 Å². The van der Waals surface area contributed by atoms with Crippen LogP contribution in [0, 0.1) is 0 Å². The van der Waals surface area contributed by atoms with E-state index < -0.39 is 21.8 Å². The van der Waals surface area contributed by atoms with Crippen LogP contribution < -0.4 is 14.9 Å². The van der Waals surface area contributed by atoms with E-state index in [-0.39, 0.29) is 5.75 Å². The number of carbonyl (C=O) groups excluding carboxylic acids is 2. The first-order valence-corrected chi connectivity index (χ1v) is 9.25. The molecule has 0 aliphatic carbocycles. The predicted octanol–water partition coefficient (Wildman–Crippen LogP) is -0.157. The van der Waals surface area contributed by atoms with Crippen molar-refractivity contribution >= 4 is 33.2 Å². The van der Waals surface area contributed by atoms with E-state index in [1.165, 1.54) is 4.31 Å². The van der Waals surface area contributed by atoms with E-state index in [0.717, 1.165) is 0 Å². The summed E-state index contributed by atoms with van der Waals surface area (Å²) in [5.74, 6) is -1.39. The van der Waals surface area contributed by atoms with Crippen LogP contribution in [0.4, 0.5) is 11.4 Å². The van der Waals surface area contributed by atoms with Gasteiger partial charge in [0.2, 0.25) is 10.0 Å². The molecule has 1 saturated heterocycles. The van der Waals surface area contributed by atoms with Crippen molar-refractivity contribution in [3.05, 3.63) is 24.3 Å². The summed E-state index contributed by atoms with van der Waals surface area (Å²) in [6, 6.07) is 6.46. The van der Waals surface area contributed by atoms with Crippen molar-refractivity contribution < 1.29 is 18.0 Å². The largest absolute Gasteiger partial charge is 0.347 e. The van der Waals surface area contributed by atoms with Crippen molar-refractivity contribution in [2.75, 3.05) is 49.1 Å². The molecule has 132 valence electrons. The van der Waals surface area contributed by atoms with Gasteiger partial charge in [0.1, 0.15) is 0 Å². The number of hydrogen-bond donors (Lipinski definition) is 2. The van der Waals surface area contributed by atoms with Gasteiger partial charge in [0.25, 0.3) is 0 Å². The molecule has 0 spiro atoms. The first kappa shape index (κ1) is 18.2. The molecular formula is C15H22N4O4S. The van der Waals surface area contributed by atoms with Crippen LogP contribution >= 0.6 is 0 Å². The molecule has 2 amide bonds. The lowest BCUT2D eigenvalue weighted by Gasteiger charge is -2.17. The third-order valence-electron chi connectivity index (χ3n) is 3.54. The normalized spacial score (nSPS) is 16.2. The second-order valence-corrected chi connectivity index (χ2v) is 7.82. The third-order valence-corrected chi connectivity index (χ3v) is 5.41. The molecule has 9 heteroatoms. The molecule has 0 saturated carbocycles. The summed E-state index contributed by atoms with van der Waals surface area (Å²) in [5, 5.41) is 5.00. The quantitative estimate of drug-likeness (QED) is 0.716. The summed E-state index contributed by atoms with van der Waals surface area (Å²) < 4.78 is 25.2. The molecule has 0 radical (unpaired) electrons. The lowest BCUT2D eigenvalue weighted by Crippen LogP contribution is -2.38. The maximum Gasteiger partial charge on any atom is 0.313 e. The first-order valence-electron chi connectivity index (χ1n) is 7.64. The second-order valence-electron chi connectivity index (χ2n) is 5.81. The number of sulfonamides is 1. The van der Waals surface area contributed by atoms with Crippen LogP contribution in [-0.4, -0.2) is 64.6 Å². The molecule has 1 aliphatic rings. The van der Waals surface area contributed by atoms with E-state index in [1.54, 1.807) is 24.3 Å². The van der Waals surface area contributed by atoms with E-state index in [0.29, 0.717) is 37.4 Å². The number of anilines is 2. The Bertz CT molecular complexity index is 718. The fourth-order valence-corrected chi connectivity index (χ4v) is 3.89. The minimum Gasteiger partial charge on any atom is -0.347 e. The summed E-state index contributed by atoms with van der Waals surface area (Å²) in [5.41, 5.74) is 0.862. The smallest absolute Gasteiger partial charge is 0.313 e. The highest BCUT2D eigenvalue weighted by Gasteiger charge is 2.28. The summed E-state index contributed by atoms with van der Waals surface area (Å²) in [4.78, 5) is 25.5. The highest BCUT2D eigenvalue weighted by atomic mass is 32.2. The highest BCUT2D eigenvalue weighted by Crippen LogP contribution is 2.26. The summed E-state index contributed by atoms with van der Waals surface area (Å²) in [6.07, 6.45) is 0.577. The first-order chi connectivity index (χ1) is 11.3. The predicted molar refractivity (Wildman–Crippen MR) is 92.4 cm³/mol. The Morgan fingerprint density at radius 2 is 2.00 bits per heavy atom. The monoisotopic (exact) mass is 354 g/mol. The number of likely N-dealkylation sites (N-methyl/N-ethyl adjacent to an activating group) is 1. The molecule has 24 heavy (non-hydrogen) atoms. The van der Waals surface area contributed by atoms with Gasteiger partial charge in [-0.3, -0.25) is 13.9 Å². The molecule has 2 N–H and O–H groups in total. The maximum absolute atomic E-state index is 11.9. The number of hydrogen-bond acceptors (Lipinski definition) is 5. The Kier molecular flexibility index (Phi) is 5.79. The Balaban J connectivity index is 1.99. The molecule has 1 aliphatic heterocycles. The van der Waals surface area contributed by atoms with Gasteiger partial charge in [-0.1, -0.05) is 6.07 Å². The van der Waals surface area contributed by atoms with Crippen molar-refractivity contribution in [2.45, 2.75) is 6.42 Å². The van der Waals surface area contributed by atoms with Gasteiger partial charge in [0.05, 0.1) is 11.4 Å². The van der Waals surface area contributed by atoms with E-state index >= 15 is 0 Å². The van der Waals surface area contributed by atoms with Crippen molar-refractivity contribution in [3.63, 3.8) is 0 Å². The van der Waals surface area contributed by atoms with Crippen LogP contribution in [0.2, 0.25) is 0 Å². The Morgan fingerprint density at radius 1 is 1.25 bits per heavy atom. The van der Waals surface area contributed by atoms with Crippen LogP contribution in [-0.2, 0) is 19.6 Å². The fourth-order valence-electron chi connectivity index (χ4n) is 2.33. The lowest BCUT2D eigenvalue weighted by molar-refractivity contribution is -0.136. The van der Waals surface area contributed by atoms with Crippen LogP contribution in [0.15, 0.2) is 24.3 Å². The summed E-state index contributed by atoms with van der Waals surface area (Å²) >= 11 is 0. The number of amides is 2. The van der Waals surface area contributed by atoms with Gasteiger partial charge in [-0.25, -0.2) is 8.42 Å². The van der Waals surface area contributed by atoms with Gasteiger partial charge >= 0.3 is 11.8 Å². The topological polar surface area (TPSA) is 98.8 Å². The van der Waals surface area contributed by atoms with Gasteiger partial charge in [-0.05, 0) is 38.7 Å². The standard InChI is InChI=1S/C15H22N4O4S/c1-18(2)9-7-16-14(20)15(21)17-12-5-3-6-13(11-12)19-8-4-10-24(19,22)23/h3,5-6,11H,4,7-10H2,1-2H3,(H,16,20)(H,17,21). The van der Waals surface area contributed by atoms with Crippen LogP contribution in [0.3, 0.4) is 0 Å². The molecule has 2 rings (SSSR count). The Labute approximate surface area is 141 Å². The molecule has 1 fully saturated rings. The van der Waals surface area contributed by atoms with E-state index in [4.69, 9.17) is 0 Å². The molecule has 1 aromatic carbocycles. The molecule has 1 aromatic rings. The van der Waals surface area contributed by atoms with E-state index in [9.17, 15) is 18.0 Å². The molecular weight excluding hydrogens is 332 g/mol. The molecule has 1 heterocycles. The minimum atomic E-state index is -3.29. The van der Waals surface area contributed by atoms with Gasteiger partial charge in [0.15, 0.2) is 0 Å². The average Bonchev–Trinajstić information content (AvgIpc) is 2.86. The SMILES string of the molecule is CN(C)CCNC(=O)C(=O)Nc1cccc(N2CCCS2(=O)=O)c1. The zero-order valence-corrected chi connectivity index (χ0v) is 14.6. The fraction of sp³-hybridized carbons (Fsp3) is 0.467. The summed E-state index contributed by atoms with van der Waals surface area (Å²) in [6.45, 7) is 1.41. The molecule has 0 aromatic heterocycles. The zero-order chi connectivity index (χ0) is 17.7. The van der Waals surface area contributed by atoms with Gasteiger partial charge in [0, 0.05) is 25.3 Å². The highest BCUT2D eigenvalue weighted by molar-refractivity contribution is 7.93. The number of rotatable bonds is 5. The van der Waals surface area contributed by atoms with Crippen LogP contribution in [0.1, 0.15) is 6.42 Å². The Morgan fingerprint density at radius 3 is 2.62 bits per heavy atom. The third kappa shape index (κ3) is 4.68. The van der Waals surface area contributed by atoms with Crippen molar-refractivity contribution in [1.29, 1.82) is 0 Å². The molecule has 0 bridgehead atoms. The van der Waals surface area contributed by atoms with E-state index in [2.05, 4.69) is 10.6 Å². The maximum atomic E-state index is 11.9. The zero-order valence-electron chi connectivity index (χ0n) is 13.8. The number of nitrogens with zero attached hydrogens (tertiary/aromatic N) is 2. The Hall–Kier alpha value is -2.13. The van der Waals surface area contributed by atoms with Crippen molar-refractivity contribution in [1.82, 2.24) is 10.2 Å². The van der Waals surface area contributed by atoms with Crippen LogP contribution in [0.25, 0.3) is 0 Å². The van der Waals surface area contributed by atoms with Crippen molar-refractivity contribution in [3.8, 4) is 0 Å². The summed E-state index contributed by atoms with van der Waals surface area (Å²) in [7, 11) is 0.445. The molecule has 0 atom stereocenters. The number of benzene rings is 1. The number of nitrogens with one attached hydrogen (secondary N) is 2. The molecule has 0 unspecified atom stereocenters. The second kappa shape index (κ2) is 7.63. The van der Waals surface area contributed by atoms with Gasteiger partial charge in [-0.2, -0.15) is 0 Å². The van der Waals surface area contributed by atoms with Crippen LogP contribution in [0.5, 0.6) is 0 Å². The van der Waals surface area contributed by atoms with Gasteiger partial charge < -0.3 is 15.5 Å². The average molecular weight is 354 g/mol. The van der Waals surface area contributed by atoms with Gasteiger partial charge in [-0.15, -0.1) is 0 Å².